The molecule has 3 amide bonds. The normalized spacial score (nSPS) is 23.6. The first-order chi connectivity index (χ1) is 9.21. The van der Waals surface area contributed by atoms with Crippen LogP contribution in [0.4, 0.5) is 4.79 Å². The van der Waals surface area contributed by atoms with Gasteiger partial charge in [-0.2, -0.15) is 0 Å². The summed E-state index contributed by atoms with van der Waals surface area (Å²) >= 11 is 0. The van der Waals surface area contributed by atoms with E-state index < -0.39 is 23.5 Å². The minimum atomic E-state index is -1.05. The maximum Gasteiger partial charge on any atom is 0.326 e. The number of carbonyl (C=O) groups excluding carboxylic acids is 2. The van der Waals surface area contributed by atoms with E-state index in [2.05, 4.69) is 10.6 Å². The van der Waals surface area contributed by atoms with Crippen molar-refractivity contribution in [1.82, 2.24) is 15.5 Å². The quantitative estimate of drug-likeness (QED) is 0.690. The molecular weight excluding hydrogens is 262 g/mol. The summed E-state index contributed by atoms with van der Waals surface area (Å²) in [5.41, 5.74) is -0.608. The molecule has 114 valence electrons. The van der Waals surface area contributed by atoms with Crippen molar-refractivity contribution in [3.63, 3.8) is 0 Å². The molecule has 1 aliphatic heterocycles. The Morgan fingerprint density at radius 1 is 1.30 bits per heavy atom. The van der Waals surface area contributed by atoms with Gasteiger partial charge in [0.05, 0.1) is 5.41 Å². The third-order valence-electron chi connectivity index (χ3n) is 3.75. The van der Waals surface area contributed by atoms with Gasteiger partial charge >= 0.3 is 12.0 Å². The standard InChI is InChI=1S/C13H23N3O4/c1-8(2)9(10(17)18)15-12(20)16-6-5-13(3,7-16)11(19)14-4/h8-9H,5-7H2,1-4H3,(H,14,19)(H,15,20)(H,17,18)/t9-,13?/m1/s1. The van der Waals surface area contributed by atoms with Crippen LogP contribution < -0.4 is 10.6 Å². The smallest absolute Gasteiger partial charge is 0.326 e. The summed E-state index contributed by atoms with van der Waals surface area (Å²) in [5.74, 6) is -1.36. The molecule has 7 heteroatoms. The predicted octanol–water partition coefficient (Wildman–Crippen LogP) is 0.263. The molecule has 1 heterocycles. The molecule has 0 aliphatic carbocycles. The molecule has 0 aromatic carbocycles. The Morgan fingerprint density at radius 2 is 1.90 bits per heavy atom. The van der Waals surface area contributed by atoms with Crippen molar-refractivity contribution in [1.29, 1.82) is 0 Å². The molecule has 7 nitrogen and oxygen atoms in total. The molecule has 2 atom stereocenters. The number of nitrogens with one attached hydrogen (secondary N) is 2. The predicted molar refractivity (Wildman–Crippen MR) is 73.2 cm³/mol. The second-order valence-electron chi connectivity index (χ2n) is 5.82. The zero-order valence-electron chi connectivity index (χ0n) is 12.4. The van der Waals surface area contributed by atoms with Gasteiger partial charge in [-0.25, -0.2) is 9.59 Å². The van der Waals surface area contributed by atoms with Crippen LogP contribution >= 0.6 is 0 Å². The molecule has 3 N–H and O–H groups in total. The van der Waals surface area contributed by atoms with Crippen molar-refractivity contribution in [3.05, 3.63) is 0 Å². The van der Waals surface area contributed by atoms with Crippen molar-refractivity contribution < 1.29 is 19.5 Å². The van der Waals surface area contributed by atoms with Gasteiger partial charge in [0.2, 0.25) is 5.91 Å². The highest BCUT2D eigenvalue weighted by Crippen LogP contribution is 2.30. The molecule has 1 rings (SSSR count). The lowest BCUT2D eigenvalue weighted by atomic mass is 9.89. The lowest BCUT2D eigenvalue weighted by Crippen LogP contribution is -2.50. The van der Waals surface area contributed by atoms with Gasteiger partial charge in [0.1, 0.15) is 6.04 Å². The molecule has 0 aromatic rings. The number of hydrogen-bond donors (Lipinski definition) is 3. The van der Waals surface area contributed by atoms with E-state index in [0.29, 0.717) is 19.5 Å². The molecule has 0 spiro atoms. The second kappa shape index (κ2) is 6.11. The van der Waals surface area contributed by atoms with Gasteiger partial charge in [-0.3, -0.25) is 4.79 Å². The molecule has 1 aliphatic rings. The van der Waals surface area contributed by atoms with Crippen LogP contribution in [-0.2, 0) is 9.59 Å². The number of amides is 3. The van der Waals surface area contributed by atoms with Gasteiger partial charge < -0.3 is 20.6 Å². The molecule has 1 unspecified atom stereocenters. The van der Waals surface area contributed by atoms with Gasteiger partial charge in [0.15, 0.2) is 0 Å². The third kappa shape index (κ3) is 3.40. The minimum Gasteiger partial charge on any atom is -0.480 e. The first kappa shape index (κ1) is 16.3. The number of aliphatic carboxylic acids is 1. The number of hydrogen-bond acceptors (Lipinski definition) is 3. The Morgan fingerprint density at radius 3 is 2.35 bits per heavy atom. The number of likely N-dealkylation sites (tertiary alicyclic amines) is 1. The summed E-state index contributed by atoms with van der Waals surface area (Å²) in [5, 5.41) is 14.2. The summed E-state index contributed by atoms with van der Waals surface area (Å²) in [6.45, 7) is 6.01. The van der Waals surface area contributed by atoms with Crippen LogP contribution in [-0.4, -0.2) is 54.1 Å². The molecule has 0 bridgehead atoms. The van der Waals surface area contributed by atoms with Crippen molar-refractivity contribution >= 4 is 17.9 Å². The third-order valence-corrected chi connectivity index (χ3v) is 3.75. The van der Waals surface area contributed by atoms with Crippen molar-refractivity contribution in [2.75, 3.05) is 20.1 Å². The number of carboxylic acid groups (broad SMARTS) is 1. The van der Waals surface area contributed by atoms with E-state index in [1.54, 1.807) is 27.8 Å². The van der Waals surface area contributed by atoms with E-state index >= 15 is 0 Å². The van der Waals surface area contributed by atoms with E-state index in [-0.39, 0.29) is 11.8 Å². The van der Waals surface area contributed by atoms with Gasteiger partial charge in [-0.15, -0.1) is 0 Å². The van der Waals surface area contributed by atoms with Crippen LogP contribution in [0.25, 0.3) is 0 Å². The zero-order valence-corrected chi connectivity index (χ0v) is 12.4. The fraction of sp³-hybridized carbons (Fsp3) is 0.769. The van der Waals surface area contributed by atoms with Crippen LogP contribution in [0.2, 0.25) is 0 Å². The number of nitrogens with zero attached hydrogens (tertiary/aromatic N) is 1. The van der Waals surface area contributed by atoms with Gasteiger partial charge in [0.25, 0.3) is 0 Å². The van der Waals surface area contributed by atoms with E-state index in [1.165, 1.54) is 4.90 Å². The summed E-state index contributed by atoms with van der Waals surface area (Å²) < 4.78 is 0. The van der Waals surface area contributed by atoms with Crippen LogP contribution in [0.5, 0.6) is 0 Å². The first-order valence-corrected chi connectivity index (χ1v) is 6.71. The summed E-state index contributed by atoms with van der Waals surface area (Å²) in [6.07, 6.45) is 0.569. The molecule has 1 fully saturated rings. The SMILES string of the molecule is CNC(=O)C1(C)CCN(C(=O)N[C@@H](C(=O)O)C(C)C)C1. The Hall–Kier alpha value is -1.79. The Bertz CT molecular complexity index is 410. The Kier molecular flexibility index (Phi) is 4.97. The maximum atomic E-state index is 12.1. The van der Waals surface area contributed by atoms with Crippen LogP contribution in [0.1, 0.15) is 27.2 Å². The number of carbonyl (C=O) groups is 3. The second-order valence-corrected chi connectivity index (χ2v) is 5.82. The monoisotopic (exact) mass is 285 g/mol. The number of carboxylic acids is 1. The van der Waals surface area contributed by atoms with Crippen LogP contribution in [0.15, 0.2) is 0 Å². The lowest BCUT2D eigenvalue weighted by molar-refractivity contribution is -0.140. The molecule has 0 aromatic heterocycles. The minimum absolute atomic E-state index is 0.105. The maximum absolute atomic E-state index is 12.1. The molecule has 0 saturated carbocycles. The van der Waals surface area contributed by atoms with E-state index in [1.807, 2.05) is 0 Å². The number of urea groups is 1. The van der Waals surface area contributed by atoms with Crippen molar-refractivity contribution in [2.45, 2.75) is 33.2 Å². The van der Waals surface area contributed by atoms with Crippen LogP contribution in [0.3, 0.4) is 0 Å². The lowest BCUT2D eigenvalue weighted by Gasteiger charge is -2.25. The highest BCUT2D eigenvalue weighted by atomic mass is 16.4. The van der Waals surface area contributed by atoms with Gasteiger partial charge in [-0.1, -0.05) is 13.8 Å². The Labute approximate surface area is 118 Å². The summed E-state index contributed by atoms with van der Waals surface area (Å²) in [4.78, 5) is 36.4. The zero-order chi connectivity index (χ0) is 15.5. The average Bonchev–Trinajstić information content (AvgIpc) is 2.77. The first-order valence-electron chi connectivity index (χ1n) is 6.71. The fourth-order valence-corrected chi connectivity index (χ4v) is 2.36. The average molecular weight is 285 g/mol. The van der Waals surface area contributed by atoms with Gasteiger partial charge in [0, 0.05) is 20.1 Å². The molecule has 0 radical (unpaired) electrons. The van der Waals surface area contributed by atoms with E-state index in [4.69, 9.17) is 5.11 Å². The van der Waals surface area contributed by atoms with Crippen molar-refractivity contribution in [3.8, 4) is 0 Å². The fourth-order valence-electron chi connectivity index (χ4n) is 2.36. The van der Waals surface area contributed by atoms with E-state index in [9.17, 15) is 14.4 Å². The summed E-state index contributed by atoms with van der Waals surface area (Å²) in [7, 11) is 1.57. The molecular formula is C13H23N3O4. The van der Waals surface area contributed by atoms with Crippen molar-refractivity contribution in [2.24, 2.45) is 11.3 Å². The van der Waals surface area contributed by atoms with Gasteiger partial charge in [-0.05, 0) is 19.3 Å². The Balaban J connectivity index is 2.67. The molecule has 20 heavy (non-hydrogen) atoms. The topological polar surface area (TPSA) is 98.7 Å². The van der Waals surface area contributed by atoms with Crippen LogP contribution in [0, 0.1) is 11.3 Å². The highest BCUT2D eigenvalue weighted by molar-refractivity contribution is 5.86. The molecule has 1 saturated heterocycles. The number of rotatable bonds is 4. The van der Waals surface area contributed by atoms with E-state index in [0.717, 1.165) is 0 Å². The largest absolute Gasteiger partial charge is 0.480 e. The highest BCUT2D eigenvalue weighted by Gasteiger charge is 2.42. The summed E-state index contributed by atoms with van der Waals surface area (Å²) in [6, 6.07) is -1.35.